The van der Waals surface area contributed by atoms with E-state index in [2.05, 4.69) is 10.9 Å². The Bertz CT molecular complexity index is 1010. The van der Waals surface area contributed by atoms with E-state index >= 15 is 0 Å². The van der Waals surface area contributed by atoms with E-state index in [4.69, 9.17) is 12.2 Å². The topological polar surface area (TPSA) is 98.7 Å². The highest BCUT2D eigenvalue weighted by Crippen LogP contribution is 2.33. The molecular formula is C21H21N3O4S3. The lowest BCUT2D eigenvalue weighted by Gasteiger charge is -2.14. The summed E-state index contributed by atoms with van der Waals surface area (Å²) in [5.41, 5.74) is 4.92. The van der Waals surface area contributed by atoms with Crippen LogP contribution in [0.5, 0.6) is 5.75 Å². The summed E-state index contributed by atoms with van der Waals surface area (Å²) >= 11 is 8.21. The van der Waals surface area contributed by atoms with Crippen LogP contribution in [0.4, 0.5) is 0 Å². The molecular weight excluding hydrogens is 454 g/mol. The van der Waals surface area contributed by atoms with Crippen LogP contribution in [0.1, 0.15) is 40.9 Å². The number of phenolic OH excluding ortho intramolecular Hbond substituents is 1. The van der Waals surface area contributed by atoms with Crippen LogP contribution in [-0.4, -0.2) is 38.6 Å². The standard InChI is InChI=1S/C21H21N3O4S3/c25-15-7-4-6-14(12-15)19(27)23-22-18(26)9-2-1-3-10-24-20(28)17(31-21(24)29)13-16-8-5-11-30-16/h4-8,11-13,25H,1-3,9-10H2,(H,22,26)(H,23,27)/b17-13+. The van der Waals surface area contributed by atoms with Crippen molar-refractivity contribution in [3.63, 3.8) is 0 Å². The Labute approximate surface area is 193 Å². The van der Waals surface area contributed by atoms with Crippen LogP contribution in [0.25, 0.3) is 6.08 Å². The fourth-order valence-electron chi connectivity index (χ4n) is 2.84. The molecule has 1 aliphatic heterocycles. The SMILES string of the molecule is O=C(CCCCCN1C(=O)/C(=C\c2cccs2)SC1=S)NNC(=O)c1cccc(O)c1. The van der Waals surface area contributed by atoms with E-state index < -0.39 is 5.91 Å². The fraction of sp³-hybridized carbons (Fsp3) is 0.238. The van der Waals surface area contributed by atoms with Gasteiger partial charge < -0.3 is 5.11 Å². The number of nitrogens with one attached hydrogen (secondary N) is 2. The highest BCUT2D eigenvalue weighted by molar-refractivity contribution is 8.26. The monoisotopic (exact) mass is 475 g/mol. The van der Waals surface area contributed by atoms with Crippen molar-refractivity contribution in [3.05, 3.63) is 57.1 Å². The number of hydrogen-bond donors (Lipinski definition) is 3. The first-order valence-electron chi connectivity index (χ1n) is 9.61. The van der Waals surface area contributed by atoms with Crippen molar-refractivity contribution < 1.29 is 19.5 Å². The molecule has 7 nitrogen and oxygen atoms in total. The number of thiophene rings is 1. The van der Waals surface area contributed by atoms with Crippen molar-refractivity contribution in [2.24, 2.45) is 0 Å². The van der Waals surface area contributed by atoms with E-state index in [1.165, 1.54) is 30.0 Å². The van der Waals surface area contributed by atoms with Gasteiger partial charge in [-0.15, -0.1) is 11.3 Å². The summed E-state index contributed by atoms with van der Waals surface area (Å²) in [5, 5.41) is 11.3. The number of phenols is 1. The number of thiocarbonyl (C=S) groups is 1. The first-order chi connectivity index (χ1) is 14.9. The number of carbonyl (C=O) groups excluding carboxylic acids is 3. The summed E-state index contributed by atoms with van der Waals surface area (Å²) in [6.07, 6.45) is 4.20. The number of rotatable bonds is 8. The van der Waals surface area contributed by atoms with Gasteiger partial charge in [0.05, 0.1) is 4.91 Å². The third-order valence-electron chi connectivity index (χ3n) is 4.40. The predicted octanol–water partition coefficient (Wildman–Crippen LogP) is 3.68. The van der Waals surface area contributed by atoms with Gasteiger partial charge in [-0.3, -0.25) is 30.1 Å². The van der Waals surface area contributed by atoms with Gasteiger partial charge in [-0.1, -0.05) is 42.5 Å². The maximum atomic E-state index is 12.5. The molecule has 1 aromatic heterocycles. The molecule has 162 valence electrons. The minimum atomic E-state index is -0.505. The van der Waals surface area contributed by atoms with Gasteiger partial charge in [0, 0.05) is 23.4 Å². The van der Waals surface area contributed by atoms with Crippen molar-refractivity contribution >= 4 is 63.4 Å². The average molecular weight is 476 g/mol. The normalized spacial score (nSPS) is 14.8. The highest BCUT2D eigenvalue weighted by atomic mass is 32.2. The van der Waals surface area contributed by atoms with Crippen LogP contribution < -0.4 is 10.9 Å². The quantitative estimate of drug-likeness (QED) is 0.233. The zero-order valence-electron chi connectivity index (χ0n) is 16.5. The molecule has 0 bridgehead atoms. The zero-order valence-corrected chi connectivity index (χ0v) is 18.9. The lowest BCUT2D eigenvalue weighted by molar-refractivity contribution is -0.123. The number of aromatic hydroxyl groups is 1. The summed E-state index contributed by atoms with van der Waals surface area (Å²) in [6, 6.07) is 9.73. The third-order valence-corrected chi connectivity index (χ3v) is 6.60. The minimum absolute atomic E-state index is 0.0255. The Morgan fingerprint density at radius 2 is 1.97 bits per heavy atom. The molecule has 1 fully saturated rings. The number of unbranched alkanes of at least 4 members (excludes halogenated alkanes) is 2. The first-order valence-corrected chi connectivity index (χ1v) is 11.7. The lowest BCUT2D eigenvalue weighted by atomic mass is 10.2. The molecule has 0 aliphatic carbocycles. The molecule has 0 saturated carbocycles. The summed E-state index contributed by atoms with van der Waals surface area (Å²) < 4.78 is 0.556. The van der Waals surface area contributed by atoms with E-state index in [9.17, 15) is 19.5 Å². The molecule has 1 saturated heterocycles. The molecule has 0 unspecified atom stereocenters. The molecule has 3 N–H and O–H groups in total. The second-order valence-electron chi connectivity index (χ2n) is 6.71. The predicted molar refractivity (Wildman–Crippen MR) is 126 cm³/mol. The molecule has 3 rings (SSSR count). The Balaban J connectivity index is 1.33. The van der Waals surface area contributed by atoms with Gasteiger partial charge >= 0.3 is 0 Å². The van der Waals surface area contributed by atoms with E-state index in [-0.39, 0.29) is 29.5 Å². The minimum Gasteiger partial charge on any atom is -0.508 e. The van der Waals surface area contributed by atoms with Crippen LogP contribution >= 0.6 is 35.3 Å². The van der Waals surface area contributed by atoms with Crippen LogP contribution in [0.2, 0.25) is 0 Å². The van der Waals surface area contributed by atoms with Gasteiger partial charge in [-0.2, -0.15) is 0 Å². The van der Waals surface area contributed by atoms with Crippen molar-refractivity contribution in [1.82, 2.24) is 15.8 Å². The number of benzene rings is 1. The van der Waals surface area contributed by atoms with Crippen molar-refractivity contribution in [2.45, 2.75) is 25.7 Å². The first kappa shape index (κ1) is 23.0. The maximum Gasteiger partial charge on any atom is 0.269 e. The average Bonchev–Trinajstić information content (AvgIpc) is 3.35. The van der Waals surface area contributed by atoms with Gasteiger partial charge in [0.15, 0.2) is 0 Å². The summed E-state index contributed by atoms with van der Waals surface area (Å²) in [7, 11) is 0. The third kappa shape index (κ3) is 6.65. The summed E-state index contributed by atoms with van der Waals surface area (Å²) in [5.74, 6) is -0.912. The van der Waals surface area contributed by atoms with Gasteiger partial charge in [0.2, 0.25) is 5.91 Å². The maximum absolute atomic E-state index is 12.5. The number of carbonyl (C=O) groups is 3. The Kier molecular flexibility index (Phi) is 8.21. The van der Waals surface area contributed by atoms with E-state index in [0.717, 1.165) is 17.7 Å². The molecule has 0 radical (unpaired) electrons. The molecule has 3 amide bonds. The Morgan fingerprint density at radius 3 is 2.71 bits per heavy atom. The van der Waals surface area contributed by atoms with Crippen LogP contribution in [-0.2, 0) is 9.59 Å². The molecule has 1 aliphatic rings. The summed E-state index contributed by atoms with van der Waals surface area (Å²) in [4.78, 5) is 39.6. The second kappa shape index (κ2) is 11.1. The number of thioether (sulfide) groups is 1. The van der Waals surface area contributed by atoms with Crippen molar-refractivity contribution in [1.29, 1.82) is 0 Å². The summed E-state index contributed by atoms with van der Waals surface area (Å²) in [6.45, 7) is 0.516. The zero-order chi connectivity index (χ0) is 22.2. The lowest BCUT2D eigenvalue weighted by Crippen LogP contribution is -2.41. The molecule has 0 atom stereocenters. The second-order valence-corrected chi connectivity index (χ2v) is 9.37. The largest absolute Gasteiger partial charge is 0.508 e. The van der Waals surface area contributed by atoms with Crippen molar-refractivity contribution in [3.8, 4) is 5.75 Å². The van der Waals surface area contributed by atoms with E-state index in [1.54, 1.807) is 22.3 Å². The van der Waals surface area contributed by atoms with Crippen LogP contribution in [0.15, 0.2) is 46.7 Å². The molecule has 1 aromatic carbocycles. The van der Waals surface area contributed by atoms with Gasteiger partial charge in [0.25, 0.3) is 11.8 Å². The van der Waals surface area contributed by atoms with Gasteiger partial charge in [-0.05, 0) is 48.6 Å². The Hall–Kier alpha value is -2.69. The van der Waals surface area contributed by atoms with E-state index in [1.807, 2.05) is 23.6 Å². The number of hydrazine groups is 1. The van der Waals surface area contributed by atoms with Crippen LogP contribution in [0.3, 0.4) is 0 Å². The number of nitrogens with zero attached hydrogens (tertiary/aromatic N) is 1. The Morgan fingerprint density at radius 1 is 1.13 bits per heavy atom. The highest BCUT2D eigenvalue weighted by Gasteiger charge is 2.31. The van der Waals surface area contributed by atoms with Gasteiger partial charge in [-0.25, -0.2) is 0 Å². The smallest absolute Gasteiger partial charge is 0.269 e. The van der Waals surface area contributed by atoms with Crippen LogP contribution in [0, 0.1) is 0 Å². The molecule has 2 heterocycles. The molecule has 0 spiro atoms. The number of hydrogen-bond acceptors (Lipinski definition) is 7. The molecule has 31 heavy (non-hydrogen) atoms. The van der Waals surface area contributed by atoms with Gasteiger partial charge in [0.1, 0.15) is 10.1 Å². The molecule has 10 heteroatoms. The fourth-order valence-corrected chi connectivity index (χ4v) is 4.87. The number of amides is 3. The molecule has 2 aromatic rings. The van der Waals surface area contributed by atoms with E-state index in [0.29, 0.717) is 22.2 Å². The van der Waals surface area contributed by atoms with Crippen molar-refractivity contribution in [2.75, 3.05) is 6.54 Å².